The Morgan fingerprint density at radius 2 is 1.55 bits per heavy atom. The number of rotatable bonds is 12. The van der Waals surface area contributed by atoms with Crippen molar-refractivity contribution in [3.05, 3.63) is 0 Å². The van der Waals surface area contributed by atoms with Crippen LogP contribution in [-0.2, 0) is 23.7 Å². The summed E-state index contributed by atoms with van der Waals surface area (Å²) in [5, 5.41) is 69.2. The summed E-state index contributed by atoms with van der Waals surface area (Å²) in [6.45, 7) is 0.786. The van der Waals surface area contributed by atoms with Crippen LogP contribution in [0.3, 0.4) is 0 Å². The van der Waals surface area contributed by atoms with Crippen LogP contribution in [0.25, 0.3) is 0 Å². The van der Waals surface area contributed by atoms with Gasteiger partial charge in [0, 0.05) is 31.5 Å². The number of amides is 1. The lowest BCUT2D eigenvalue weighted by Crippen LogP contribution is -2.70. The second-order valence-electron chi connectivity index (χ2n) is 12.5. The molecule has 2 saturated carbocycles. The quantitative estimate of drug-likeness (QED) is 0.0883. The Kier molecular flexibility index (Phi) is 12.3. The van der Waals surface area contributed by atoms with Gasteiger partial charge in [-0.25, -0.2) is 0 Å². The van der Waals surface area contributed by atoms with Crippen LogP contribution in [0.5, 0.6) is 0 Å². The van der Waals surface area contributed by atoms with Crippen LogP contribution < -0.4 is 39.3 Å². The third-order valence-electron chi connectivity index (χ3n) is 8.98. The van der Waals surface area contributed by atoms with Crippen molar-refractivity contribution in [1.29, 1.82) is 0 Å². The fraction of sp³-hybridized carbons (Fsp3) is 0.962. The molecule has 18 heteroatoms. The van der Waals surface area contributed by atoms with Gasteiger partial charge in [0.25, 0.3) is 5.91 Å². The minimum absolute atomic E-state index is 0.0180. The minimum atomic E-state index is -1.71. The number of nitrogens with one attached hydrogen (secondary N) is 2. The van der Waals surface area contributed by atoms with Gasteiger partial charge in [0.2, 0.25) is 0 Å². The number of carbonyl (C=O) groups is 1. The Morgan fingerprint density at radius 1 is 0.886 bits per heavy atom. The van der Waals surface area contributed by atoms with E-state index in [9.17, 15) is 35.4 Å². The summed E-state index contributed by atoms with van der Waals surface area (Å²) >= 11 is 0. The molecule has 2 saturated heterocycles. The van der Waals surface area contributed by atoms with Crippen molar-refractivity contribution in [2.24, 2.45) is 28.7 Å². The van der Waals surface area contributed by atoms with Crippen LogP contribution in [0, 0.1) is 0 Å². The Labute approximate surface area is 255 Å². The molecule has 0 unspecified atom stereocenters. The predicted molar refractivity (Wildman–Crippen MR) is 152 cm³/mol. The molecule has 4 fully saturated rings. The lowest BCUT2D eigenvalue weighted by molar-refractivity contribution is -0.316. The van der Waals surface area contributed by atoms with Crippen LogP contribution in [0.2, 0.25) is 0 Å². The first-order chi connectivity index (χ1) is 20.8. The Morgan fingerprint density at radius 3 is 2.18 bits per heavy atom. The SMILES string of the molecule is NCCCNC[C@H]1O[C@H](O[C@H]2[C@H](O)[C@@H](O[C@H]3O[C@H](CO)[C@@H](O)[C@H](N)[C@H]3O)[C@H](NC(=O)C3(O)CC(N)C3)C[C@@H]2N)[C@H](N)C[C@@H]1O. The van der Waals surface area contributed by atoms with Gasteiger partial charge in [-0.2, -0.15) is 0 Å². The lowest BCUT2D eigenvalue weighted by atomic mass is 9.75. The summed E-state index contributed by atoms with van der Waals surface area (Å²) in [5.41, 5.74) is 28.2. The lowest BCUT2D eigenvalue weighted by Gasteiger charge is -2.49. The third-order valence-corrected chi connectivity index (χ3v) is 8.98. The summed E-state index contributed by atoms with van der Waals surface area (Å²) in [6.07, 6.45) is -11.5. The number of ether oxygens (including phenoxy) is 4. The van der Waals surface area contributed by atoms with Crippen molar-refractivity contribution in [3.63, 3.8) is 0 Å². The second kappa shape index (κ2) is 15.2. The molecule has 0 aromatic heterocycles. The van der Waals surface area contributed by atoms with Gasteiger partial charge in [-0.1, -0.05) is 0 Å². The van der Waals surface area contributed by atoms with E-state index in [1.807, 2.05) is 0 Å². The van der Waals surface area contributed by atoms with Gasteiger partial charge in [-0.3, -0.25) is 4.79 Å². The first-order valence-electron chi connectivity index (χ1n) is 15.2. The number of hydrogen-bond acceptors (Lipinski definition) is 17. The smallest absolute Gasteiger partial charge is 0.252 e. The van der Waals surface area contributed by atoms with Crippen LogP contribution in [0.15, 0.2) is 0 Å². The average Bonchev–Trinajstić information content (AvgIpc) is 2.96. The molecule has 256 valence electrons. The molecule has 0 radical (unpaired) electrons. The number of carbonyl (C=O) groups excluding carboxylic acids is 1. The zero-order valence-electron chi connectivity index (χ0n) is 24.6. The van der Waals surface area contributed by atoms with Crippen LogP contribution in [-0.4, -0.2) is 160 Å². The molecule has 4 rings (SSSR count). The van der Waals surface area contributed by atoms with Crippen molar-refractivity contribution in [3.8, 4) is 0 Å². The average molecular weight is 638 g/mol. The highest BCUT2D eigenvalue weighted by atomic mass is 16.7. The standard InChI is InChI=1S/C26H51N7O11/c27-2-1-3-32-8-15-14(35)5-12(30)23(41-15)43-21-11(29)4-13(33-25(39)26(40)6-10(28)7-26)22(20(21)38)44-24-19(37)17(31)18(36)16(9-34)42-24/h10-24,32,34-38,40H,1-9,27-31H2,(H,33,39)/t10?,11-,12+,13+,14-,15+,16+,17-,18+,19+,20-,21+,22-,23+,24+,26?/m0/s1. The highest BCUT2D eigenvalue weighted by Gasteiger charge is 2.53. The molecular formula is C26H51N7O11. The first-order valence-corrected chi connectivity index (χ1v) is 15.2. The molecule has 4 aliphatic rings. The normalized spacial score (nSPS) is 48.0. The first kappa shape index (κ1) is 35.7. The van der Waals surface area contributed by atoms with Crippen LogP contribution in [0.1, 0.15) is 32.1 Å². The van der Waals surface area contributed by atoms with Crippen molar-refractivity contribution in [2.45, 2.75) is 129 Å². The predicted octanol–water partition coefficient (Wildman–Crippen LogP) is -7.31. The topological polar surface area (TPSA) is 330 Å². The molecule has 18 N–H and O–H groups in total. The number of hydrogen-bond donors (Lipinski definition) is 13. The van der Waals surface area contributed by atoms with Gasteiger partial charge in [0.1, 0.15) is 42.2 Å². The number of aliphatic hydroxyl groups is 6. The molecule has 2 aliphatic carbocycles. The van der Waals surface area contributed by atoms with E-state index < -0.39 is 104 Å². The van der Waals surface area contributed by atoms with E-state index in [1.54, 1.807) is 0 Å². The zero-order chi connectivity index (χ0) is 32.3. The summed E-state index contributed by atoms with van der Waals surface area (Å²) < 4.78 is 23.6. The molecule has 0 bridgehead atoms. The molecule has 2 heterocycles. The van der Waals surface area contributed by atoms with Crippen molar-refractivity contribution >= 4 is 5.91 Å². The maximum atomic E-state index is 13.0. The maximum absolute atomic E-state index is 13.0. The fourth-order valence-electron chi connectivity index (χ4n) is 6.27. The van der Waals surface area contributed by atoms with Gasteiger partial charge in [-0.15, -0.1) is 0 Å². The number of nitrogens with two attached hydrogens (primary N) is 5. The number of aliphatic hydroxyl groups excluding tert-OH is 5. The Bertz CT molecular complexity index is 935. The van der Waals surface area contributed by atoms with Gasteiger partial charge in [0.15, 0.2) is 12.6 Å². The van der Waals surface area contributed by atoms with Crippen molar-refractivity contribution < 1.29 is 54.4 Å². The molecule has 14 atom stereocenters. The molecule has 1 amide bonds. The van der Waals surface area contributed by atoms with Gasteiger partial charge in [0.05, 0.1) is 36.9 Å². The summed E-state index contributed by atoms with van der Waals surface area (Å²) in [4.78, 5) is 13.0. The van der Waals surface area contributed by atoms with E-state index in [1.165, 1.54) is 0 Å². The largest absolute Gasteiger partial charge is 0.394 e. The van der Waals surface area contributed by atoms with E-state index in [0.29, 0.717) is 19.6 Å². The van der Waals surface area contributed by atoms with Gasteiger partial charge < -0.3 is 88.9 Å². The molecule has 0 aromatic rings. The monoisotopic (exact) mass is 637 g/mol. The minimum Gasteiger partial charge on any atom is -0.394 e. The van der Waals surface area contributed by atoms with E-state index >= 15 is 0 Å². The highest BCUT2D eigenvalue weighted by molar-refractivity contribution is 5.86. The third kappa shape index (κ3) is 7.85. The zero-order valence-corrected chi connectivity index (χ0v) is 24.6. The molecule has 2 aliphatic heterocycles. The summed E-state index contributed by atoms with van der Waals surface area (Å²) in [5.74, 6) is -0.737. The molecule has 0 aromatic carbocycles. The van der Waals surface area contributed by atoms with E-state index in [-0.39, 0.29) is 31.7 Å². The fourth-order valence-corrected chi connectivity index (χ4v) is 6.27. The van der Waals surface area contributed by atoms with E-state index in [4.69, 9.17) is 47.6 Å². The Hall–Kier alpha value is -1.17. The van der Waals surface area contributed by atoms with Crippen molar-refractivity contribution in [2.75, 3.05) is 26.2 Å². The summed E-state index contributed by atoms with van der Waals surface area (Å²) in [6, 6.07) is -4.29. The van der Waals surface area contributed by atoms with E-state index in [0.717, 1.165) is 6.42 Å². The molecular weight excluding hydrogens is 586 g/mol. The second-order valence-corrected chi connectivity index (χ2v) is 12.5. The van der Waals surface area contributed by atoms with Crippen LogP contribution >= 0.6 is 0 Å². The maximum Gasteiger partial charge on any atom is 0.252 e. The molecule has 0 spiro atoms. The van der Waals surface area contributed by atoms with Crippen LogP contribution in [0.4, 0.5) is 0 Å². The van der Waals surface area contributed by atoms with E-state index in [2.05, 4.69) is 10.6 Å². The summed E-state index contributed by atoms with van der Waals surface area (Å²) in [7, 11) is 0. The Balaban J connectivity index is 1.51. The van der Waals surface area contributed by atoms with Gasteiger partial charge in [-0.05, 0) is 32.4 Å². The molecule has 18 nitrogen and oxygen atoms in total. The van der Waals surface area contributed by atoms with Crippen molar-refractivity contribution in [1.82, 2.24) is 10.6 Å². The van der Waals surface area contributed by atoms with Gasteiger partial charge >= 0.3 is 0 Å². The highest BCUT2D eigenvalue weighted by Crippen LogP contribution is 2.34. The molecule has 44 heavy (non-hydrogen) atoms.